The van der Waals surface area contributed by atoms with E-state index in [2.05, 4.69) is 22.4 Å². The van der Waals surface area contributed by atoms with Crippen LogP contribution in [0.2, 0.25) is 0 Å². The monoisotopic (exact) mass is 313 g/mol. The Morgan fingerprint density at radius 3 is 2.30 bits per heavy atom. The molecule has 7 nitrogen and oxygen atoms in total. The average molecular weight is 313 g/mol. The quantitative estimate of drug-likeness (QED) is 0.574. The number of carbonyl (C=O) groups is 2. The molecule has 0 saturated carbocycles. The molecule has 1 aromatic carbocycles. The van der Waals surface area contributed by atoms with Crippen molar-refractivity contribution in [2.24, 2.45) is 0 Å². The summed E-state index contributed by atoms with van der Waals surface area (Å²) in [7, 11) is 0. The van der Waals surface area contributed by atoms with Crippen LogP contribution < -0.4 is 0 Å². The first kappa shape index (κ1) is 15.3. The summed E-state index contributed by atoms with van der Waals surface area (Å²) < 4.78 is 1.80. The fourth-order valence-corrected chi connectivity index (χ4v) is 2.77. The van der Waals surface area contributed by atoms with Gasteiger partial charge in [-0.3, -0.25) is 14.5 Å². The van der Waals surface area contributed by atoms with Gasteiger partial charge in [0.15, 0.2) is 5.82 Å². The Labute approximate surface area is 134 Å². The molecule has 2 amide bonds. The summed E-state index contributed by atoms with van der Waals surface area (Å²) in [5.74, 6) is 0.493. The molecule has 0 unspecified atom stereocenters. The van der Waals surface area contributed by atoms with E-state index in [0.29, 0.717) is 24.2 Å². The number of hydrogen-bond acceptors (Lipinski definition) is 5. The number of rotatable bonds is 7. The Hall–Kier alpha value is -2.57. The van der Waals surface area contributed by atoms with Crippen LogP contribution >= 0.6 is 0 Å². The Morgan fingerprint density at radius 2 is 1.65 bits per heavy atom. The van der Waals surface area contributed by atoms with Gasteiger partial charge in [0.25, 0.3) is 11.8 Å². The van der Waals surface area contributed by atoms with Crippen LogP contribution in [-0.4, -0.2) is 43.5 Å². The van der Waals surface area contributed by atoms with E-state index in [4.69, 9.17) is 0 Å². The zero-order valence-corrected chi connectivity index (χ0v) is 13.1. The van der Waals surface area contributed by atoms with Gasteiger partial charge in [-0.15, -0.1) is 5.10 Å². The van der Waals surface area contributed by atoms with E-state index in [-0.39, 0.29) is 11.8 Å². The third-order valence-corrected chi connectivity index (χ3v) is 3.96. The molecule has 120 valence electrons. The lowest BCUT2D eigenvalue weighted by atomic mass is 10.1. The maximum Gasteiger partial charge on any atom is 0.261 e. The van der Waals surface area contributed by atoms with Crippen molar-refractivity contribution in [3.8, 4) is 0 Å². The standard InChI is InChI=1S/C16H19N5O2/c1-2-7-14-17-18-19-21(14)11-6-5-10-20-15(22)12-8-3-4-9-13(12)16(20)23/h3-4,8-9H,2,5-7,10-11H2,1H3. The van der Waals surface area contributed by atoms with Crippen LogP contribution in [0, 0.1) is 0 Å². The number of imide groups is 1. The van der Waals surface area contributed by atoms with E-state index in [1.165, 1.54) is 4.90 Å². The van der Waals surface area contributed by atoms with Crippen LogP contribution in [0.25, 0.3) is 0 Å². The van der Waals surface area contributed by atoms with Gasteiger partial charge in [-0.2, -0.15) is 0 Å². The summed E-state index contributed by atoms with van der Waals surface area (Å²) in [5.41, 5.74) is 1.01. The number of tetrazole rings is 1. The molecule has 2 aromatic rings. The minimum Gasteiger partial charge on any atom is -0.274 e. The molecule has 0 fully saturated rings. The molecule has 0 saturated heterocycles. The minimum absolute atomic E-state index is 0.195. The molecule has 1 aliphatic rings. The van der Waals surface area contributed by atoms with Crippen molar-refractivity contribution in [2.45, 2.75) is 39.2 Å². The van der Waals surface area contributed by atoms with E-state index in [9.17, 15) is 9.59 Å². The zero-order chi connectivity index (χ0) is 16.2. The molecule has 23 heavy (non-hydrogen) atoms. The summed E-state index contributed by atoms with van der Waals surface area (Å²) in [5, 5.41) is 11.7. The van der Waals surface area contributed by atoms with Crippen molar-refractivity contribution >= 4 is 11.8 Å². The highest BCUT2D eigenvalue weighted by Crippen LogP contribution is 2.22. The van der Waals surface area contributed by atoms with Gasteiger partial charge < -0.3 is 0 Å². The number of amides is 2. The largest absolute Gasteiger partial charge is 0.274 e. The SMILES string of the molecule is CCCc1nnnn1CCCCN1C(=O)c2ccccc2C1=O. The highest BCUT2D eigenvalue weighted by Gasteiger charge is 2.34. The Morgan fingerprint density at radius 1 is 1.00 bits per heavy atom. The van der Waals surface area contributed by atoms with E-state index >= 15 is 0 Å². The van der Waals surface area contributed by atoms with Gasteiger partial charge in [-0.25, -0.2) is 4.68 Å². The third-order valence-electron chi connectivity index (χ3n) is 3.96. The first-order valence-corrected chi connectivity index (χ1v) is 7.92. The lowest BCUT2D eigenvalue weighted by Crippen LogP contribution is -2.30. The van der Waals surface area contributed by atoms with Crippen LogP contribution in [0.1, 0.15) is 52.7 Å². The van der Waals surface area contributed by atoms with Gasteiger partial charge in [0, 0.05) is 19.5 Å². The topological polar surface area (TPSA) is 81.0 Å². The molecule has 0 aliphatic carbocycles. The number of unbranched alkanes of at least 4 members (excludes halogenated alkanes) is 1. The number of benzene rings is 1. The van der Waals surface area contributed by atoms with Gasteiger partial charge in [-0.1, -0.05) is 19.1 Å². The molecule has 1 aliphatic heterocycles. The minimum atomic E-state index is -0.195. The fourth-order valence-electron chi connectivity index (χ4n) is 2.77. The summed E-state index contributed by atoms with van der Waals surface area (Å²) >= 11 is 0. The van der Waals surface area contributed by atoms with Crippen molar-refractivity contribution < 1.29 is 9.59 Å². The number of aryl methyl sites for hydroxylation is 2. The lowest BCUT2D eigenvalue weighted by Gasteiger charge is -2.13. The van der Waals surface area contributed by atoms with E-state index in [1.54, 1.807) is 28.9 Å². The predicted octanol–water partition coefficient (Wildman–Crippen LogP) is 1.70. The molecule has 0 N–H and O–H groups in total. The Bertz CT molecular complexity index is 690. The molecule has 0 atom stereocenters. The predicted molar refractivity (Wildman–Crippen MR) is 82.9 cm³/mol. The van der Waals surface area contributed by atoms with Crippen LogP contribution in [0.15, 0.2) is 24.3 Å². The second kappa shape index (κ2) is 6.68. The van der Waals surface area contributed by atoms with Crippen LogP contribution in [0.4, 0.5) is 0 Å². The third kappa shape index (κ3) is 2.99. The van der Waals surface area contributed by atoms with Crippen molar-refractivity contribution in [1.82, 2.24) is 25.1 Å². The van der Waals surface area contributed by atoms with E-state index in [1.807, 2.05) is 0 Å². The van der Waals surface area contributed by atoms with Gasteiger partial charge in [0.1, 0.15) is 0 Å². The lowest BCUT2D eigenvalue weighted by molar-refractivity contribution is 0.0651. The second-order valence-electron chi connectivity index (χ2n) is 5.58. The molecular formula is C16H19N5O2. The number of nitrogens with zero attached hydrogens (tertiary/aromatic N) is 5. The molecule has 0 radical (unpaired) electrons. The van der Waals surface area contributed by atoms with E-state index < -0.39 is 0 Å². The summed E-state index contributed by atoms with van der Waals surface area (Å²) in [6.07, 6.45) is 3.40. The Balaban J connectivity index is 1.53. The van der Waals surface area contributed by atoms with Crippen LogP contribution in [0.5, 0.6) is 0 Å². The summed E-state index contributed by atoms with van der Waals surface area (Å²) in [6.45, 7) is 3.21. The molecule has 7 heteroatoms. The van der Waals surface area contributed by atoms with Gasteiger partial charge in [0.05, 0.1) is 11.1 Å². The molecular weight excluding hydrogens is 294 g/mol. The number of carbonyl (C=O) groups excluding carboxylic acids is 2. The fraction of sp³-hybridized carbons (Fsp3) is 0.438. The van der Waals surface area contributed by atoms with Crippen LogP contribution in [-0.2, 0) is 13.0 Å². The first-order chi connectivity index (χ1) is 11.2. The van der Waals surface area contributed by atoms with Crippen LogP contribution in [0.3, 0.4) is 0 Å². The molecule has 0 spiro atoms. The Kier molecular flexibility index (Phi) is 4.45. The maximum atomic E-state index is 12.2. The smallest absolute Gasteiger partial charge is 0.261 e. The summed E-state index contributed by atoms with van der Waals surface area (Å²) in [6, 6.07) is 6.96. The number of aromatic nitrogens is 4. The highest BCUT2D eigenvalue weighted by molar-refractivity contribution is 6.21. The summed E-state index contributed by atoms with van der Waals surface area (Å²) in [4.78, 5) is 25.8. The molecule has 3 rings (SSSR count). The number of hydrogen-bond donors (Lipinski definition) is 0. The number of fused-ring (bicyclic) bond motifs is 1. The zero-order valence-electron chi connectivity index (χ0n) is 13.1. The van der Waals surface area contributed by atoms with Gasteiger partial charge in [0.2, 0.25) is 0 Å². The molecule has 2 heterocycles. The van der Waals surface area contributed by atoms with Crippen molar-refractivity contribution in [1.29, 1.82) is 0 Å². The molecule has 0 bridgehead atoms. The van der Waals surface area contributed by atoms with Crippen molar-refractivity contribution in [3.63, 3.8) is 0 Å². The normalized spacial score (nSPS) is 13.7. The maximum absolute atomic E-state index is 12.2. The van der Waals surface area contributed by atoms with Crippen molar-refractivity contribution in [3.05, 3.63) is 41.2 Å². The van der Waals surface area contributed by atoms with Gasteiger partial charge in [-0.05, 0) is 41.8 Å². The van der Waals surface area contributed by atoms with Crippen molar-refractivity contribution in [2.75, 3.05) is 6.54 Å². The second-order valence-corrected chi connectivity index (χ2v) is 5.58. The van der Waals surface area contributed by atoms with Gasteiger partial charge >= 0.3 is 0 Å². The van der Waals surface area contributed by atoms with E-state index in [0.717, 1.165) is 31.5 Å². The average Bonchev–Trinajstić information content (AvgIpc) is 3.10. The highest BCUT2D eigenvalue weighted by atomic mass is 16.2. The molecule has 1 aromatic heterocycles. The first-order valence-electron chi connectivity index (χ1n) is 7.92.